The first kappa shape index (κ1) is 8.01. The minimum atomic E-state index is -0.164. The van der Waals surface area contributed by atoms with Crippen LogP contribution in [0.1, 0.15) is 12.8 Å². The molecule has 1 atom stereocenters. The molecule has 2 rings (SSSR count). The molecule has 1 amide bonds. The normalized spacial score (nSPS) is 32.8. The molecule has 2 saturated heterocycles. The van der Waals surface area contributed by atoms with Crippen molar-refractivity contribution in [3.8, 4) is 0 Å². The molecule has 2 aliphatic rings. The van der Waals surface area contributed by atoms with Crippen LogP contribution in [-0.2, 0) is 9.53 Å². The summed E-state index contributed by atoms with van der Waals surface area (Å²) in [6.07, 6.45) is 1.72. The topological polar surface area (TPSA) is 64.4 Å². The van der Waals surface area contributed by atoms with E-state index in [0.29, 0.717) is 0 Å². The molecule has 0 aromatic carbocycles. The van der Waals surface area contributed by atoms with Crippen molar-refractivity contribution >= 4 is 5.91 Å². The molecule has 0 aliphatic carbocycles. The second-order valence-electron chi connectivity index (χ2n) is 3.79. The van der Waals surface area contributed by atoms with E-state index in [1.54, 1.807) is 0 Å². The van der Waals surface area contributed by atoms with Gasteiger partial charge in [0.25, 0.3) is 0 Å². The molecule has 4 heteroatoms. The van der Waals surface area contributed by atoms with Gasteiger partial charge in [-0.2, -0.15) is 0 Å². The van der Waals surface area contributed by atoms with E-state index in [1.165, 1.54) is 0 Å². The molecular weight excluding hydrogens is 156 g/mol. The van der Waals surface area contributed by atoms with E-state index in [1.807, 2.05) is 0 Å². The maximum absolute atomic E-state index is 10.9. The standard InChI is InChI=1S/C8H14N2O2/c9-7(11)6-1-2-10-8(3-6)4-12-5-8/h6,10H,1-5H2,(H2,9,11). The summed E-state index contributed by atoms with van der Waals surface area (Å²) in [5.74, 6) is -0.113. The van der Waals surface area contributed by atoms with Gasteiger partial charge in [-0.05, 0) is 19.4 Å². The summed E-state index contributed by atoms with van der Waals surface area (Å²) >= 11 is 0. The highest BCUT2D eigenvalue weighted by Gasteiger charge is 2.43. The number of carbonyl (C=O) groups is 1. The van der Waals surface area contributed by atoms with Crippen LogP contribution in [0.3, 0.4) is 0 Å². The minimum Gasteiger partial charge on any atom is -0.377 e. The molecule has 4 nitrogen and oxygen atoms in total. The van der Waals surface area contributed by atoms with Crippen LogP contribution in [0.5, 0.6) is 0 Å². The van der Waals surface area contributed by atoms with E-state index in [9.17, 15) is 4.79 Å². The highest BCUT2D eigenvalue weighted by Crippen LogP contribution is 2.30. The molecule has 2 fully saturated rings. The van der Waals surface area contributed by atoms with Crippen LogP contribution in [-0.4, -0.2) is 31.2 Å². The summed E-state index contributed by atoms with van der Waals surface area (Å²) in [5, 5.41) is 3.38. The van der Waals surface area contributed by atoms with Crippen LogP contribution < -0.4 is 11.1 Å². The van der Waals surface area contributed by atoms with Gasteiger partial charge in [0.1, 0.15) is 0 Å². The second kappa shape index (κ2) is 2.71. The first-order valence-corrected chi connectivity index (χ1v) is 4.34. The van der Waals surface area contributed by atoms with E-state index in [2.05, 4.69) is 5.32 Å². The Bertz CT molecular complexity index is 201. The Balaban J connectivity index is 1.98. The third kappa shape index (κ3) is 1.21. The molecule has 2 heterocycles. The number of carbonyl (C=O) groups excluding carboxylic acids is 1. The highest BCUT2D eigenvalue weighted by molar-refractivity contribution is 5.76. The van der Waals surface area contributed by atoms with E-state index in [0.717, 1.165) is 32.6 Å². The number of piperidine rings is 1. The van der Waals surface area contributed by atoms with Gasteiger partial charge in [0, 0.05) is 5.92 Å². The zero-order valence-corrected chi connectivity index (χ0v) is 7.01. The van der Waals surface area contributed by atoms with Crippen LogP contribution in [0.25, 0.3) is 0 Å². The van der Waals surface area contributed by atoms with Gasteiger partial charge < -0.3 is 15.8 Å². The molecule has 0 radical (unpaired) electrons. The third-order valence-electron chi connectivity index (χ3n) is 2.79. The molecule has 2 aliphatic heterocycles. The average Bonchev–Trinajstić information content (AvgIpc) is 2.02. The van der Waals surface area contributed by atoms with Crippen molar-refractivity contribution in [2.75, 3.05) is 19.8 Å². The van der Waals surface area contributed by atoms with Gasteiger partial charge in [0.15, 0.2) is 0 Å². The van der Waals surface area contributed by atoms with Crippen LogP contribution in [0.4, 0.5) is 0 Å². The zero-order chi connectivity index (χ0) is 8.60. The van der Waals surface area contributed by atoms with Crippen molar-refractivity contribution in [1.29, 1.82) is 0 Å². The van der Waals surface area contributed by atoms with Crippen molar-refractivity contribution in [3.05, 3.63) is 0 Å². The number of hydrogen-bond acceptors (Lipinski definition) is 3. The molecule has 0 aromatic heterocycles. The van der Waals surface area contributed by atoms with E-state index >= 15 is 0 Å². The Hall–Kier alpha value is -0.610. The third-order valence-corrected chi connectivity index (χ3v) is 2.79. The van der Waals surface area contributed by atoms with Crippen LogP contribution in [0.2, 0.25) is 0 Å². The number of hydrogen-bond donors (Lipinski definition) is 2. The fourth-order valence-corrected chi connectivity index (χ4v) is 1.97. The van der Waals surface area contributed by atoms with Gasteiger partial charge in [-0.25, -0.2) is 0 Å². The molecule has 0 bridgehead atoms. The van der Waals surface area contributed by atoms with Gasteiger partial charge in [0.05, 0.1) is 18.8 Å². The van der Waals surface area contributed by atoms with E-state index in [-0.39, 0.29) is 17.4 Å². The van der Waals surface area contributed by atoms with Crippen LogP contribution in [0, 0.1) is 5.92 Å². The maximum Gasteiger partial charge on any atom is 0.220 e. The number of amides is 1. The van der Waals surface area contributed by atoms with E-state index in [4.69, 9.17) is 10.5 Å². The Labute approximate surface area is 71.4 Å². The highest BCUT2D eigenvalue weighted by atomic mass is 16.5. The van der Waals surface area contributed by atoms with Crippen molar-refractivity contribution in [3.63, 3.8) is 0 Å². The summed E-state index contributed by atoms with van der Waals surface area (Å²) in [5.41, 5.74) is 5.34. The van der Waals surface area contributed by atoms with Gasteiger partial charge in [-0.3, -0.25) is 4.79 Å². The molecule has 12 heavy (non-hydrogen) atoms. The first-order valence-electron chi connectivity index (χ1n) is 4.34. The van der Waals surface area contributed by atoms with Gasteiger partial charge in [-0.15, -0.1) is 0 Å². The fourth-order valence-electron chi connectivity index (χ4n) is 1.97. The smallest absolute Gasteiger partial charge is 0.220 e. The minimum absolute atomic E-state index is 0.0511. The van der Waals surface area contributed by atoms with Crippen molar-refractivity contribution in [2.45, 2.75) is 18.4 Å². The van der Waals surface area contributed by atoms with Crippen LogP contribution in [0.15, 0.2) is 0 Å². The van der Waals surface area contributed by atoms with Gasteiger partial charge in [-0.1, -0.05) is 0 Å². The predicted octanol–water partition coefficient (Wildman–Crippen LogP) is -0.760. The average molecular weight is 170 g/mol. The Morgan fingerprint density at radius 3 is 2.83 bits per heavy atom. The largest absolute Gasteiger partial charge is 0.377 e. The van der Waals surface area contributed by atoms with Crippen molar-refractivity contribution in [1.82, 2.24) is 5.32 Å². The van der Waals surface area contributed by atoms with Gasteiger partial charge >= 0.3 is 0 Å². The Morgan fingerprint density at radius 1 is 1.58 bits per heavy atom. The number of ether oxygens (including phenoxy) is 1. The lowest BCUT2D eigenvalue weighted by atomic mass is 9.80. The molecular formula is C8H14N2O2. The summed E-state index contributed by atoms with van der Waals surface area (Å²) in [4.78, 5) is 10.9. The molecule has 0 aromatic rings. The summed E-state index contributed by atoms with van der Waals surface area (Å²) in [7, 11) is 0. The quantitative estimate of drug-likeness (QED) is 0.543. The second-order valence-corrected chi connectivity index (χ2v) is 3.79. The molecule has 3 N–H and O–H groups in total. The number of primary amides is 1. The van der Waals surface area contributed by atoms with Crippen molar-refractivity contribution < 1.29 is 9.53 Å². The Kier molecular flexibility index (Phi) is 1.81. The molecule has 0 saturated carbocycles. The maximum atomic E-state index is 10.9. The zero-order valence-electron chi connectivity index (χ0n) is 7.01. The van der Waals surface area contributed by atoms with Crippen molar-refractivity contribution in [2.24, 2.45) is 11.7 Å². The summed E-state index contributed by atoms with van der Waals surface area (Å²) in [6, 6.07) is 0. The monoisotopic (exact) mass is 170 g/mol. The number of nitrogens with two attached hydrogens (primary N) is 1. The number of rotatable bonds is 1. The number of nitrogens with one attached hydrogen (secondary N) is 1. The summed E-state index contributed by atoms with van der Waals surface area (Å²) < 4.78 is 5.13. The lowest BCUT2D eigenvalue weighted by Gasteiger charge is -2.47. The molecule has 1 unspecified atom stereocenters. The lowest BCUT2D eigenvalue weighted by Crippen LogP contribution is -2.64. The first-order chi connectivity index (χ1) is 5.72. The summed E-state index contributed by atoms with van der Waals surface area (Å²) in [6.45, 7) is 2.35. The fraction of sp³-hybridized carbons (Fsp3) is 0.875. The predicted molar refractivity (Wildman–Crippen MR) is 43.5 cm³/mol. The van der Waals surface area contributed by atoms with E-state index < -0.39 is 0 Å². The molecule has 68 valence electrons. The SMILES string of the molecule is NC(=O)C1CCNC2(COC2)C1. The molecule has 1 spiro atoms. The Morgan fingerprint density at radius 2 is 2.33 bits per heavy atom. The lowest BCUT2D eigenvalue weighted by molar-refractivity contribution is -0.130. The van der Waals surface area contributed by atoms with Crippen LogP contribution >= 0.6 is 0 Å². The van der Waals surface area contributed by atoms with Gasteiger partial charge in [0.2, 0.25) is 5.91 Å².